The van der Waals surface area contributed by atoms with Crippen molar-refractivity contribution in [1.82, 2.24) is 19.2 Å². The standard InChI is InChI=1S/C32H32N9/c1-35-18-17-23-24(21-36(2)30(23)35)25-13-10-16-28(33-25)39-20-19-37(3)41-31-29(34-32(39)41)40(22-11-6-5-7-12-22)27-15-9-8-14-26(27)38(31)4/h5-16,18,21H,17,19-20H2,1-4H3/q+1. The number of para-hydroxylation sites is 3. The lowest BCUT2D eigenvalue weighted by Crippen LogP contribution is -2.45. The third kappa shape index (κ3) is 3.38. The van der Waals surface area contributed by atoms with Crippen molar-refractivity contribution in [3.63, 3.8) is 0 Å². The molecule has 0 spiro atoms. The van der Waals surface area contributed by atoms with Gasteiger partial charge in [-0.3, -0.25) is 9.80 Å². The van der Waals surface area contributed by atoms with Crippen LogP contribution in [-0.2, 0) is 13.5 Å². The normalized spacial score (nSPS) is 15.5. The number of hydrogen-bond acceptors (Lipinski definition) is 6. The summed E-state index contributed by atoms with van der Waals surface area (Å²) in [7, 11) is 8.48. The molecule has 0 aliphatic carbocycles. The Hall–Kier alpha value is -5.05. The van der Waals surface area contributed by atoms with Gasteiger partial charge in [0.25, 0.3) is 5.82 Å². The molecular weight excluding hydrogens is 510 g/mol. The Labute approximate surface area is 239 Å². The van der Waals surface area contributed by atoms with Crippen molar-refractivity contribution in [2.45, 2.75) is 6.42 Å². The van der Waals surface area contributed by atoms with Gasteiger partial charge >= 0.3 is 0 Å². The first-order chi connectivity index (χ1) is 20.0. The highest BCUT2D eigenvalue weighted by atomic mass is 15.7. The summed E-state index contributed by atoms with van der Waals surface area (Å²) in [5, 5.41) is 2.25. The van der Waals surface area contributed by atoms with Crippen molar-refractivity contribution >= 4 is 52.5 Å². The molecule has 0 amide bonds. The summed E-state index contributed by atoms with van der Waals surface area (Å²) in [5.41, 5.74) is 6.83. The van der Waals surface area contributed by atoms with Crippen LogP contribution in [0.3, 0.4) is 0 Å². The molecule has 3 aliphatic rings. The van der Waals surface area contributed by atoms with Crippen LogP contribution in [0.1, 0.15) is 5.56 Å². The highest BCUT2D eigenvalue weighted by Crippen LogP contribution is 2.52. The molecule has 6 heterocycles. The summed E-state index contributed by atoms with van der Waals surface area (Å²) in [6.07, 6.45) is 5.35. The number of aromatic nitrogens is 4. The van der Waals surface area contributed by atoms with Gasteiger partial charge in [-0.05, 0) is 36.4 Å². The molecular formula is C32H32N9+. The average Bonchev–Trinajstić information content (AvgIpc) is 3.68. The van der Waals surface area contributed by atoms with Crippen molar-refractivity contribution in [3.8, 4) is 11.3 Å². The Kier molecular flexibility index (Phi) is 5.07. The second kappa shape index (κ2) is 8.72. The number of benzene rings is 2. The van der Waals surface area contributed by atoms with Crippen LogP contribution in [0.4, 0.5) is 46.3 Å². The number of hydrogen-bond donors (Lipinski definition) is 0. The molecule has 0 N–H and O–H groups in total. The van der Waals surface area contributed by atoms with Crippen LogP contribution < -0.4 is 19.7 Å². The lowest BCUT2D eigenvalue weighted by molar-refractivity contribution is -0.403. The van der Waals surface area contributed by atoms with E-state index in [1.807, 2.05) is 0 Å². The number of pyridine rings is 1. The van der Waals surface area contributed by atoms with E-state index >= 15 is 0 Å². The summed E-state index contributed by atoms with van der Waals surface area (Å²) in [6, 6.07) is 25.4. The van der Waals surface area contributed by atoms with E-state index in [9.17, 15) is 0 Å². The smallest absolute Gasteiger partial charge is 0.285 e. The molecule has 3 aliphatic heterocycles. The molecule has 2 aromatic carbocycles. The van der Waals surface area contributed by atoms with Crippen LogP contribution >= 0.6 is 0 Å². The average molecular weight is 543 g/mol. The van der Waals surface area contributed by atoms with Gasteiger partial charge in [-0.25, -0.2) is 18.8 Å². The number of fused-ring (bicyclic) bond motifs is 5. The summed E-state index contributed by atoms with van der Waals surface area (Å²) < 4.78 is 6.64. The van der Waals surface area contributed by atoms with Gasteiger partial charge in [0, 0.05) is 32.7 Å². The van der Waals surface area contributed by atoms with Gasteiger partial charge in [-0.2, -0.15) is 4.98 Å². The summed E-state index contributed by atoms with van der Waals surface area (Å²) in [4.78, 5) is 17.4. The van der Waals surface area contributed by atoms with E-state index in [0.717, 1.165) is 65.7 Å². The van der Waals surface area contributed by atoms with Gasteiger partial charge < -0.3 is 9.91 Å². The van der Waals surface area contributed by atoms with Gasteiger partial charge in [0.1, 0.15) is 12.0 Å². The highest BCUT2D eigenvalue weighted by Gasteiger charge is 2.38. The van der Waals surface area contributed by atoms with E-state index < -0.39 is 0 Å². The maximum Gasteiger partial charge on any atom is 0.285 e. The predicted molar refractivity (Wildman–Crippen MR) is 165 cm³/mol. The molecule has 5 aromatic rings. The summed E-state index contributed by atoms with van der Waals surface area (Å²) >= 11 is 0. The quantitative estimate of drug-likeness (QED) is 0.283. The van der Waals surface area contributed by atoms with Crippen LogP contribution in [0.2, 0.25) is 0 Å². The monoisotopic (exact) mass is 542 g/mol. The Morgan fingerprint density at radius 3 is 2.41 bits per heavy atom. The topological polar surface area (TPSA) is 51.6 Å². The minimum absolute atomic E-state index is 0.786. The highest BCUT2D eigenvalue weighted by molar-refractivity contribution is 5.96. The van der Waals surface area contributed by atoms with Gasteiger partial charge in [0.05, 0.1) is 55.1 Å². The number of anilines is 7. The van der Waals surface area contributed by atoms with Crippen LogP contribution in [0.5, 0.6) is 0 Å². The molecule has 8 rings (SSSR count). The van der Waals surface area contributed by atoms with E-state index in [0.29, 0.717) is 0 Å². The number of aryl methyl sites for hydroxylation is 1. The molecule has 41 heavy (non-hydrogen) atoms. The number of likely N-dealkylation sites (N-methyl/N-ethyl adjacent to an activating group) is 1. The summed E-state index contributed by atoms with van der Waals surface area (Å²) in [6.45, 7) is 1.62. The Morgan fingerprint density at radius 1 is 0.805 bits per heavy atom. The van der Waals surface area contributed by atoms with Crippen molar-refractivity contribution in [1.29, 1.82) is 0 Å². The first kappa shape index (κ1) is 23.8. The number of nitrogens with zero attached hydrogens (tertiary/aromatic N) is 9. The van der Waals surface area contributed by atoms with Gasteiger partial charge in [-0.1, -0.05) is 36.4 Å². The van der Waals surface area contributed by atoms with Crippen LogP contribution in [0, 0.1) is 0 Å². The fourth-order valence-electron chi connectivity index (χ4n) is 6.57. The molecule has 0 atom stereocenters. The van der Waals surface area contributed by atoms with E-state index in [-0.39, 0.29) is 0 Å². The first-order valence-corrected chi connectivity index (χ1v) is 14.0. The van der Waals surface area contributed by atoms with E-state index in [4.69, 9.17) is 9.97 Å². The predicted octanol–water partition coefficient (Wildman–Crippen LogP) is 5.45. The van der Waals surface area contributed by atoms with Crippen LogP contribution in [0.25, 0.3) is 11.3 Å². The van der Waals surface area contributed by atoms with Crippen molar-refractivity contribution in [2.75, 3.05) is 53.9 Å². The summed E-state index contributed by atoms with van der Waals surface area (Å²) in [5.74, 6) is 4.93. The molecule has 9 nitrogen and oxygen atoms in total. The molecule has 0 saturated carbocycles. The van der Waals surface area contributed by atoms with E-state index in [2.05, 4.69) is 147 Å². The molecule has 3 aromatic heterocycles. The molecule has 9 heteroatoms. The SMILES string of the molecule is CN1c2ccccc2N(c2ccccc2)c2nc3n(c21)N(C)CCN3c1cccc(-c2cn(C)c3c2CC=[N+]3C)n1. The fraction of sp³-hybridized carbons (Fsp3) is 0.219. The zero-order valence-electron chi connectivity index (χ0n) is 23.7. The Balaban J connectivity index is 1.28. The second-order valence-electron chi connectivity index (χ2n) is 11.0. The molecule has 0 saturated heterocycles. The van der Waals surface area contributed by atoms with Crippen LogP contribution in [0.15, 0.2) is 79.0 Å². The third-order valence-electron chi connectivity index (χ3n) is 8.50. The molecule has 204 valence electrons. The second-order valence-corrected chi connectivity index (χ2v) is 11.0. The zero-order chi connectivity index (χ0) is 27.8. The van der Waals surface area contributed by atoms with E-state index in [1.165, 1.54) is 16.9 Å². The molecule has 0 bridgehead atoms. The van der Waals surface area contributed by atoms with E-state index in [1.54, 1.807) is 0 Å². The van der Waals surface area contributed by atoms with Crippen molar-refractivity contribution < 1.29 is 4.58 Å². The Morgan fingerprint density at radius 2 is 1.59 bits per heavy atom. The van der Waals surface area contributed by atoms with Gasteiger partial charge in [0.15, 0.2) is 11.6 Å². The Bertz CT molecular complexity index is 1850. The minimum Gasteiger partial charge on any atom is -0.324 e. The molecule has 0 radical (unpaired) electrons. The van der Waals surface area contributed by atoms with Crippen molar-refractivity contribution in [2.24, 2.45) is 7.05 Å². The maximum atomic E-state index is 5.36. The first-order valence-electron chi connectivity index (χ1n) is 14.0. The molecule has 0 unspecified atom stereocenters. The fourth-order valence-corrected chi connectivity index (χ4v) is 6.57. The maximum absolute atomic E-state index is 5.36. The molecule has 0 fully saturated rings. The third-order valence-corrected chi connectivity index (χ3v) is 8.50. The van der Waals surface area contributed by atoms with Crippen molar-refractivity contribution in [3.05, 3.63) is 84.6 Å². The zero-order valence-corrected chi connectivity index (χ0v) is 23.7. The lowest BCUT2D eigenvalue weighted by Gasteiger charge is -2.39. The van der Waals surface area contributed by atoms with Gasteiger partial charge in [-0.15, -0.1) is 0 Å². The lowest BCUT2D eigenvalue weighted by atomic mass is 10.1. The van der Waals surface area contributed by atoms with Gasteiger partial charge in [0.2, 0.25) is 5.95 Å². The number of rotatable bonds is 3. The minimum atomic E-state index is 0.786. The largest absolute Gasteiger partial charge is 0.324 e. The number of imidazole rings is 1. The van der Waals surface area contributed by atoms with Crippen LogP contribution in [-0.4, -0.2) is 64.2 Å².